The minimum atomic E-state index is -1.30. The number of hydrogen-bond acceptors (Lipinski definition) is 6. The molecule has 0 spiro atoms. The maximum Gasteiger partial charge on any atom is 0.220 e. The minimum absolute atomic E-state index is 0.000532. The van der Waals surface area contributed by atoms with Crippen LogP contribution in [0.5, 0.6) is 11.8 Å². The summed E-state index contributed by atoms with van der Waals surface area (Å²) in [5, 5.41) is 10.1. The van der Waals surface area contributed by atoms with Crippen LogP contribution in [-0.4, -0.2) is 29.3 Å². The van der Waals surface area contributed by atoms with Crippen LogP contribution in [0.3, 0.4) is 0 Å². The number of aliphatic hydroxyl groups is 1. The van der Waals surface area contributed by atoms with Gasteiger partial charge in [-0.25, -0.2) is 4.39 Å². The number of rotatable bonds is 4. The molecule has 21 heavy (non-hydrogen) atoms. The van der Waals surface area contributed by atoms with Crippen molar-refractivity contribution in [1.82, 2.24) is 9.97 Å². The Bertz CT molecular complexity index is 647. The molecule has 0 saturated carbocycles. The van der Waals surface area contributed by atoms with Crippen molar-refractivity contribution in [3.8, 4) is 11.8 Å². The van der Waals surface area contributed by atoms with E-state index >= 15 is 0 Å². The van der Waals surface area contributed by atoms with Crippen LogP contribution in [0.25, 0.3) is 0 Å². The highest BCUT2D eigenvalue weighted by Crippen LogP contribution is 2.33. The fourth-order valence-electron chi connectivity index (χ4n) is 1.71. The minimum Gasteiger partial charge on any atom is -0.481 e. The molecule has 8 heteroatoms. The van der Waals surface area contributed by atoms with Gasteiger partial charge in [0, 0.05) is 5.56 Å². The predicted octanol–water partition coefficient (Wildman–Crippen LogP) is 1.95. The normalized spacial score (nSPS) is 12.0. The molecule has 0 radical (unpaired) electrons. The monoisotopic (exact) mass is 313 g/mol. The number of hydrogen-bond donors (Lipinski definition) is 2. The van der Waals surface area contributed by atoms with Crippen LogP contribution < -0.4 is 15.2 Å². The fraction of sp³-hybridized carbons (Fsp3) is 0.231. The number of aromatic nitrogens is 2. The Morgan fingerprint density at radius 3 is 2.33 bits per heavy atom. The number of anilines is 1. The van der Waals surface area contributed by atoms with E-state index in [2.05, 4.69) is 9.97 Å². The molecule has 1 aromatic heterocycles. The number of benzene rings is 1. The van der Waals surface area contributed by atoms with Gasteiger partial charge in [0.15, 0.2) is 5.82 Å². The van der Waals surface area contributed by atoms with E-state index in [4.69, 9.17) is 26.8 Å². The number of nitrogen functional groups attached to an aromatic ring is 1. The Morgan fingerprint density at radius 2 is 1.81 bits per heavy atom. The molecule has 0 aliphatic rings. The third-order valence-corrected chi connectivity index (χ3v) is 3.20. The zero-order valence-electron chi connectivity index (χ0n) is 11.3. The SMILES string of the molecule is COc1cc(OC)nc(C(O)c2ccc(F)c(Cl)c2N)n1. The van der Waals surface area contributed by atoms with E-state index in [-0.39, 0.29) is 33.9 Å². The summed E-state index contributed by atoms with van der Waals surface area (Å²) < 4.78 is 23.3. The molecule has 3 N–H and O–H groups in total. The highest BCUT2D eigenvalue weighted by atomic mass is 35.5. The van der Waals surface area contributed by atoms with Crippen LogP contribution >= 0.6 is 11.6 Å². The van der Waals surface area contributed by atoms with Gasteiger partial charge in [-0.3, -0.25) is 0 Å². The maximum atomic E-state index is 13.3. The molecule has 2 aromatic rings. The van der Waals surface area contributed by atoms with Crippen molar-refractivity contribution in [3.63, 3.8) is 0 Å². The summed E-state index contributed by atoms with van der Waals surface area (Å²) in [6.07, 6.45) is -1.30. The lowest BCUT2D eigenvalue weighted by Gasteiger charge is -2.15. The van der Waals surface area contributed by atoms with Gasteiger partial charge < -0.3 is 20.3 Å². The summed E-state index contributed by atoms with van der Waals surface area (Å²) in [4.78, 5) is 8.03. The van der Waals surface area contributed by atoms with Crippen LogP contribution in [0, 0.1) is 5.82 Å². The third kappa shape index (κ3) is 2.98. The van der Waals surface area contributed by atoms with Crippen LogP contribution in [-0.2, 0) is 0 Å². The Kier molecular flexibility index (Phi) is 4.44. The van der Waals surface area contributed by atoms with Gasteiger partial charge >= 0.3 is 0 Å². The molecule has 2 rings (SSSR count). The molecule has 0 amide bonds. The Balaban J connectivity index is 2.49. The standard InChI is InChI=1S/C13H13ClFN3O3/c1-20-8-5-9(21-2)18-13(17-8)12(19)6-3-4-7(15)10(14)11(6)16/h3-5,12,19H,16H2,1-2H3. The zero-order valence-corrected chi connectivity index (χ0v) is 12.1. The van der Waals surface area contributed by atoms with Crippen molar-refractivity contribution in [2.45, 2.75) is 6.10 Å². The molecule has 1 atom stereocenters. The van der Waals surface area contributed by atoms with E-state index in [1.54, 1.807) is 0 Å². The largest absolute Gasteiger partial charge is 0.481 e. The van der Waals surface area contributed by atoms with E-state index < -0.39 is 11.9 Å². The summed E-state index contributed by atoms with van der Waals surface area (Å²) in [6.45, 7) is 0. The summed E-state index contributed by atoms with van der Waals surface area (Å²) in [5.41, 5.74) is 5.83. The molecule has 6 nitrogen and oxygen atoms in total. The van der Waals surface area contributed by atoms with Gasteiger partial charge in [0.1, 0.15) is 11.9 Å². The fourth-order valence-corrected chi connectivity index (χ4v) is 1.88. The molecular formula is C13H13ClFN3O3. The van der Waals surface area contributed by atoms with E-state index in [1.807, 2.05) is 0 Å². The predicted molar refractivity (Wildman–Crippen MR) is 75.0 cm³/mol. The molecule has 0 saturated heterocycles. The second kappa shape index (κ2) is 6.11. The molecule has 1 aromatic carbocycles. The summed E-state index contributed by atoms with van der Waals surface area (Å²) in [5.74, 6) is -0.250. The molecular weight excluding hydrogens is 301 g/mol. The van der Waals surface area contributed by atoms with Crippen molar-refractivity contribution >= 4 is 17.3 Å². The average molecular weight is 314 g/mol. The maximum absolute atomic E-state index is 13.3. The second-order valence-electron chi connectivity index (χ2n) is 4.08. The van der Waals surface area contributed by atoms with Gasteiger partial charge in [0.05, 0.1) is 31.0 Å². The van der Waals surface area contributed by atoms with Crippen molar-refractivity contribution < 1.29 is 19.0 Å². The second-order valence-corrected chi connectivity index (χ2v) is 4.46. The summed E-state index contributed by atoms with van der Waals surface area (Å²) in [6, 6.07) is 3.88. The number of ether oxygens (including phenoxy) is 2. The quantitative estimate of drug-likeness (QED) is 0.838. The van der Waals surface area contributed by atoms with Crippen molar-refractivity contribution in [2.24, 2.45) is 0 Å². The number of aliphatic hydroxyl groups excluding tert-OH is 1. The topological polar surface area (TPSA) is 90.5 Å². The van der Waals surface area contributed by atoms with Gasteiger partial charge in [-0.2, -0.15) is 9.97 Å². The van der Waals surface area contributed by atoms with Gasteiger partial charge in [-0.15, -0.1) is 0 Å². The Labute approximate surface area is 125 Å². The lowest BCUT2D eigenvalue weighted by Crippen LogP contribution is -2.10. The molecule has 112 valence electrons. The van der Waals surface area contributed by atoms with Crippen LogP contribution in [0.1, 0.15) is 17.5 Å². The summed E-state index contributed by atoms with van der Waals surface area (Å²) >= 11 is 5.73. The molecule has 1 unspecified atom stereocenters. The first-order valence-corrected chi connectivity index (χ1v) is 6.24. The van der Waals surface area contributed by atoms with Gasteiger partial charge in [-0.1, -0.05) is 17.7 Å². The van der Waals surface area contributed by atoms with E-state index in [0.29, 0.717) is 0 Å². The highest BCUT2D eigenvalue weighted by Gasteiger charge is 2.21. The van der Waals surface area contributed by atoms with Gasteiger partial charge in [0.25, 0.3) is 0 Å². The van der Waals surface area contributed by atoms with Crippen molar-refractivity contribution in [1.29, 1.82) is 0 Å². The van der Waals surface area contributed by atoms with Gasteiger partial charge in [-0.05, 0) is 6.07 Å². The number of nitrogens with zero attached hydrogens (tertiary/aromatic N) is 2. The number of halogens is 2. The molecule has 0 fully saturated rings. The van der Waals surface area contributed by atoms with Crippen LogP contribution in [0.2, 0.25) is 5.02 Å². The Morgan fingerprint density at radius 1 is 1.24 bits per heavy atom. The number of nitrogens with two attached hydrogens (primary N) is 1. The van der Waals surface area contributed by atoms with E-state index in [0.717, 1.165) is 6.07 Å². The smallest absolute Gasteiger partial charge is 0.220 e. The van der Waals surface area contributed by atoms with Crippen molar-refractivity contribution in [3.05, 3.63) is 40.4 Å². The first-order valence-electron chi connectivity index (χ1n) is 5.86. The molecule has 1 heterocycles. The Hall–Kier alpha value is -2.12. The third-order valence-electron chi connectivity index (χ3n) is 2.82. The van der Waals surface area contributed by atoms with Crippen LogP contribution in [0.4, 0.5) is 10.1 Å². The molecule has 0 bridgehead atoms. The lowest BCUT2D eigenvalue weighted by molar-refractivity contribution is 0.206. The first-order chi connectivity index (χ1) is 9.97. The van der Waals surface area contributed by atoms with E-state index in [1.165, 1.54) is 26.4 Å². The molecule has 0 aliphatic carbocycles. The van der Waals surface area contributed by atoms with E-state index in [9.17, 15) is 9.50 Å². The zero-order chi connectivity index (χ0) is 15.6. The first kappa shape index (κ1) is 15.3. The number of methoxy groups -OCH3 is 2. The summed E-state index contributed by atoms with van der Waals surface area (Å²) in [7, 11) is 2.84. The molecule has 0 aliphatic heterocycles. The average Bonchev–Trinajstić information content (AvgIpc) is 2.51. The van der Waals surface area contributed by atoms with Crippen LogP contribution in [0.15, 0.2) is 18.2 Å². The van der Waals surface area contributed by atoms with Crippen molar-refractivity contribution in [2.75, 3.05) is 20.0 Å². The lowest BCUT2D eigenvalue weighted by atomic mass is 10.1. The van der Waals surface area contributed by atoms with Gasteiger partial charge in [0.2, 0.25) is 11.8 Å². The highest BCUT2D eigenvalue weighted by molar-refractivity contribution is 6.33.